The number of hydrogen-bond acceptors (Lipinski definition) is 4. The fraction of sp³-hybridized carbons (Fsp3) is 0.800. The second-order valence-corrected chi connectivity index (χ2v) is 4.19. The number of rotatable bonds is 2. The molecule has 0 radical (unpaired) electrons. The second kappa shape index (κ2) is 3.05. The fourth-order valence-corrected chi connectivity index (χ4v) is 2.12. The van der Waals surface area contributed by atoms with Crippen molar-refractivity contribution in [3.63, 3.8) is 0 Å². The standard InChI is InChI=1S/C10H14O4/c1-6(11)13-5-7-3-4-8(12)9-10(7,2)14-9/h7,9H,3-5H2,1-2H3. The van der Waals surface area contributed by atoms with Gasteiger partial charge in [0.15, 0.2) is 5.78 Å². The van der Waals surface area contributed by atoms with Crippen LogP contribution in [0.15, 0.2) is 0 Å². The largest absolute Gasteiger partial charge is 0.465 e. The van der Waals surface area contributed by atoms with Crippen molar-refractivity contribution in [1.82, 2.24) is 0 Å². The van der Waals surface area contributed by atoms with Gasteiger partial charge in [-0.1, -0.05) is 0 Å². The summed E-state index contributed by atoms with van der Waals surface area (Å²) in [6, 6.07) is 0. The summed E-state index contributed by atoms with van der Waals surface area (Å²) >= 11 is 0. The predicted molar refractivity (Wildman–Crippen MR) is 47.6 cm³/mol. The van der Waals surface area contributed by atoms with Crippen LogP contribution in [0.5, 0.6) is 0 Å². The summed E-state index contributed by atoms with van der Waals surface area (Å²) < 4.78 is 10.3. The number of fused-ring (bicyclic) bond motifs is 1. The van der Waals surface area contributed by atoms with Gasteiger partial charge in [0.1, 0.15) is 11.7 Å². The molecule has 14 heavy (non-hydrogen) atoms. The highest BCUT2D eigenvalue weighted by Crippen LogP contribution is 2.49. The molecule has 2 rings (SSSR count). The Morgan fingerprint density at radius 2 is 2.43 bits per heavy atom. The average molecular weight is 198 g/mol. The number of hydrogen-bond donors (Lipinski definition) is 0. The Hall–Kier alpha value is -0.900. The first-order valence-corrected chi connectivity index (χ1v) is 4.88. The summed E-state index contributed by atoms with van der Waals surface area (Å²) in [7, 11) is 0. The zero-order valence-electron chi connectivity index (χ0n) is 8.41. The van der Waals surface area contributed by atoms with E-state index in [1.807, 2.05) is 6.92 Å². The number of epoxide rings is 1. The number of carbonyl (C=O) groups is 2. The molecule has 0 aromatic carbocycles. The number of carbonyl (C=O) groups excluding carboxylic acids is 2. The van der Waals surface area contributed by atoms with Gasteiger partial charge in [0.25, 0.3) is 0 Å². The monoisotopic (exact) mass is 198 g/mol. The van der Waals surface area contributed by atoms with Crippen LogP contribution in [0.2, 0.25) is 0 Å². The van der Waals surface area contributed by atoms with E-state index >= 15 is 0 Å². The van der Waals surface area contributed by atoms with Gasteiger partial charge >= 0.3 is 5.97 Å². The highest BCUT2D eigenvalue weighted by atomic mass is 16.6. The highest BCUT2D eigenvalue weighted by molar-refractivity contribution is 5.88. The van der Waals surface area contributed by atoms with Gasteiger partial charge in [-0.2, -0.15) is 0 Å². The quantitative estimate of drug-likeness (QED) is 0.483. The van der Waals surface area contributed by atoms with Crippen molar-refractivity contribution in [2.75, 3.05) is 6.61 Å². The van der Waals surface area contributed by atoms with Gasteiger partial charge in [0.2, 0.25) is 0 Å². The molecule has 1 heterocycles. The molecule has 4 heteroatoms. The molecule has 1 saturated heterocycles. The van der Waals surface area contributed by atoms with Crippen LogP contribution in [-0.2, 0) is 19.1 Å². The van der Waals surface area contributed by atoms with Crippen molar-refractivity contribution in [2.45, 2.75) is 38.4 Å². The third kappa shape index (κ3) is 1.43. The first kappa shape index (κ1) is 9.65. The van der Waals surface area contributed by atoms with Gasteiger partial charge in [-0.25, -0.2) is 0 Å². The van der Waals surface area contributed by atoms with E-state index in [9.17, 15) is 9.59 Å². The van der Waals surface area contributed by atoms with Crippen LogP contribution in [0.1, 0.15) is 26.7 Å². The second-order valence-electron chi connectivity index (χ2n) is 4.19. The predicted octanol–water partition coefficient (Wildman–Crippen LogP) is 0.686. The van der Waals surface area contributed by atoms with Gasteiger partial charge in [0, 0.05) is 19.3 Å². The number of ether oxygens (including phenoxy) is 2. The van der Waals surface area contributed by atoms with E-state index in [0.717, 1.165) is 6.42 Å². The van der Waals surface area contributed by atoms with Gasteiger partial charge in [-0.05, 0) is 13.3 Å². The molecule has 1 aliphatic heterocycles. The zero-order chi connectivity index (χ0) is 10.3. The van der Waals surface area contributed by atoms with E-state index in [0.29, 0.717) is 13.0 Å². The van der Waals surface area contributed by atoms with E-state index < -0.39 is 0 Å². The molecule has 0 aromatic rings. The number of Topliss-reactive ketones (excluding diaryl/α,β-unsaturated/α-hetero) is 1. The van der Waals surface area contributed by atoms with Crippen molar-refractivity contribution in [2.24, 2.45) is 5.92 Å². The van der Waals surface area contributed by atoms with E-state index in [1.54, 1.807) is 0 Å². The maximum absolute atomic E-state index is 11.3. The summed E-state index contributed by atoms with van der Waals surface area (Å²) in [5.74, 6) is 0.0865. The molecule has 1 aliphatic carbocycles. The van der Waals surface area contributed by atoms with Crippen molar-refractivity contribution in [3.8, 4) is 0 Å². The van der Waals surface area contributed by atoms with Crippen LogP contribution in [0.4, 0.5) is 0 Å². The number of ketones is 1. The van der Waals surface area contributed by atoms with Crippen LogP contribution >= 0.6 is 0 Å². The van der Waals surface area contributed by atoms with Gasteiger partial charge in [-0.15, -0.1) is 0 Å². The molecule has 0 bridgehead atoms. The Morgan fingerprint density at radius 3 is 3.07 bits per heavy atom. The van der Waals surface area contributed by atoms with Gasteiger partial charge in [0.05, 0.1) is 6.61 Å². The Bertz CT molecular complexity index is 286. The number of esters is 1. The first-order chi connectivity index (χ1) is 6.54. The van der Waals surface area contributed by atoms with E-state index in [4.69, 9.17) is 9.47 Å². The normalized spacial score (nSPS) is 40.3. The lowest BCUT2D eigenvalue weighted by Gasteiger charge is -2.23. The van der Waals surface area contributed by atoms with E-state index in [-0.39, 0.29) is 29.4 Å². The zero-order valence-corrected chi connectivity index (χ0v) is 8.41. The summed E-state index contributed by atoms with van der Waals surface area (Å²) in [6.45, 7) is 3.68. The topological polar surface area (TPSA) is 55.9 Å². The molecular weight excluding hydrogens is 184 g/mol. The molecule has 4 nitrogen and oxygen atoms in total. The summed E-state index contributed by atoms with van der Waals surface area (Å²) in [4.78, 5) is 21.9. The summed E-state index contributed by atoms with van der Waals surface area (Å²) in [6.07, 6.45) is 1.07. The summed E-state index contributed by atoms with van der Waals surface area (Å²) in [5, 5.41) is 0. The maximum Gasteiger partial charge on any atom is 0.302 e. The Morgan fingerprint density at radius 1 is 1.71 bits per heavy atom. The molecule has 0 aromatic heterocycles. The third-order valence-corrected chi connectivity index (χ3v) is 3.17. The SMILES string of the molecule is CC(=O)OCC1CCC(=O)C2OC12C. The van der Waals surface area contributed by atoms with Gasteiger partial charge in [-0.3, -0.25) is 9.59 Å². The first-order valence-electron chi connectivity index (χ1n) is 4.88. The van der Waals surface area contributed by atoms with E-state index in [2.05, 4.69) is 0 Å². The minimum atomic E-state index is -0.356. The van der Waals surface area contributed by atoms with Crippen molar-refractivity contribution in [3.05, 3.63) is 0 Å². The minimum Gasteiger partial charge on any atom is -0.465 e. The minimum absolute atomic E-state index is 0.175. The van der Waals surface area contributed by atoms with Crippen molar-refractivity contribution >= 4 is 11.8 Å². The molecule has 2 aliphatic rings. The molecular formula is C10H14O4. The van der Waals surface area contributed by atoms with Crippen LogP contribution < -0.4 is 0 Å². The Balaban J connectivity index is 1.94. The van der Waals surface area contributed by atoms with Crippen LogP contribution in [0, 0.1) is 5.92 Å². The Labute approximate surface area is 82.6 Å². The lowest BCUT2D eigenvalue weighted by Crippen LogP contribution is -2.35. The molecule has 3 unspecified atom stereocenters. The molecule has 78 valence electrons. The highest BCUT2D eigenvalue weighted by Gasteiger charge is 2.63. The maximum atomic E-state index is 11.3. The summed E-state index contributed by atoms with van der Waals surface area (Å²) in [5.41, 5.74) is -0.356. The van der Waals surface area contributed by atoms with Gasteiger partial charge < -0.3 is 9.47 Å². The van der Waals surface area contributed by atoms with E-state index in [1.165, 1.54) is 6.92 Å². The fourth-order valence-electron chi connectivity index (χ4n) is 2.12. The molecule has 3 atom stereocenters. The molecule has 1 saturated carbocycles. The van der Waals surface area contributed by atoms with Crippen LogP contribution in [0.3, 0.4) is 0 Å². The van der Waals surface area contributed by atoms with Crippen molar-refractivity contribution in [1.29, 1.82) is 0 Å². The molecule has 0 spiro atoms. The molecule has 2 fully saturated rings. The lowest BCUT2D eigenvalue weighted by atomic mass is 9.80. The molecule has 0 amide bonds. The Kier molecular flexibility index (Phi) is 2.10. The molecule has 0 N–H and O–H groups in total. The van der Waals surface area contributed by atoms with Crippen molar-refractivity contribution < 1.29 is 19.1 Å². The lowest BCUT2D eigenvalue weighted by molar-refractivity contribution is -0.143. The third-order valence-electron chi connectivity index (χ3n) is 3.17. The van der Waals surface area contributed by atoms with Crippen LogP contribution in [0.25, 0.3) is 0 Å². The smallest absolute Gasteiger partial charge is 0.302 e. The van der Waals surface area contributed by atoms with Crippen LogP contribution in [-0.4, -0.2) is 30.1 Å². The average Bonchev–Trinajstić information content (AvgIpc) is 2.78.